The van der Waals surface area contributed by atoms with Crippen molar-refractivity contribution in [2.24, 2.45) is 5.92 Å². The third-order valence-electron chi connectivity index (χ3n) is 6.31. The Morgan fingerprint density at radius 2 is 1.87 bits per heavy atom. The summed E-state index contributed by atoms with van der Waals surface area (Å²) in [4.78, 5) is 28.0. The van der Waals surface area contributed by atoms with E-state index in [-0.39, 0.29) is 44.5 Å². The summed E-state index contributed by atoms with van der Waals surface area (Å²) in [7, 11) is 1.48. The van der Waals surface area contributed by atoms with Crippen molar-refractivity contribution in [2.45, 2.75) is 51.7 Å². The average Bonchev–Trinajstić information content (AvgIpc) is 2.92. The number of carbonyl (C=O) groups is 2. The first-order valence-electron chi connectivity index (χ1n) is 12.5. The standard InChI is InChI=1S/C28H35IN2O7/c1-17(2)28(36)31(15-18-7-5-4-6-8-18)22-13-20(27(35)30-9-10-32)14-23(25(22)34)38-26-21(29)11-19(16-33)12-24(26)37-3/h4-8,11-12,14,17,22-23,25,32-34H,9-10,13,15-16H2,1-3H3,(H,30,35)/t22-,23+,25+/m1/s1. The van der Waals surface area contributed by atoms with Crippen LogP contribution in [0.2, 0.25) is 0 Å². The van der Waals surface area contributed by atoms with Crippen LogP contribution in [0.15, 0.2) is 54.1 Å². The molecule has 0 spiro atoms. The Kier molecular flexibility index (Phi) is 11.0. The van der Waals surface area contributed by atoms with Gasteiger partial charge in [-0.2, -0.15) is 0 Å². The molecule has 4 N–H and O–H groups in total. The number of hydrogen-bond donors (Lipinski definition) is 4. The lowest BCUT2D eigenvalue weighted by Gasteiger charge is -2.41. The van der Waals surface area contributed by atoms with Gasteiger partial charge >= 0.3 is 0 Å². The lowest BCUT2D eigenvalue weighted by Crippen LogP contribution is -2.55. The molecule has 0 unspecified atom stereocenters. The fourth-order valence-corrected chi connectivity index (χ4v) is 5.16. The van der Waals surface area contributed by atoms with Gasteiger partial charge in [0.1, 0.15) is 12.2 Å². The van der Waals surface area contributed by atoms with E-state index < -0.39 is 24.2 Å². The number of benzene rings is 2. The molecule has 3 rings (SSSR count). The van der Waals surface area contributed by atoms with Crippen molar-refractivity contribution in [3.63, 3.8) is 0 Å². The zero-order valence-corrected chi connectivity index (χ0v) is 23.9. The van der Waals surface area contributed by atoms with Gasteiger partial charge in [-0.1, -0.05) is 44.2 Å². The van der Waals surface area contributed by atoms with E-state index in [9.17, 15) is 24.9 Å². The Labute approximate surface area is 236 Å². The Hall–Kier alpha value is -2.67. The monoisotopic (exact) mass is 638 g/mol. The normalized spacial score (nSPS) is 19.1. The van der Waals surface area contributed by atoms with Gasteiger partial charge in [-0.25, -0.2) is 0 Å². The van der Waals surface area contributed by atoms with Crippen LogP contribution >= 0.6 is 22.6 Å². The maximum atomic E-state index is 13.4. The SMILES string of the molecule is COc1cc(CO)cc(I)c1O[C@H]1C=C(C(=O)NCCO)C[C@@H](N(Cc2ccccc2)C(=O)C(C)C)[C@@H]1O. The van der Waals surface area contributed by atoms with Crippen LogP contribution in [0, 0.1) is 9.49 Å². The average molecular weight is 638 g/mol. The molecule has 2 aromatic rings. The molecule has 10 heteroatoms. The van der Waals surface area contributed by atoms with Crippen LogP contribution in [0.3, 0.4) is 0 Å². The summed E-state index contributed by atoms with van der Waals surface area (Å²) >= 11 is 2.06. The van der Waals surface area contributed by atoms with Crippen molar-refractivity contribution in [1.29, 1.82) is 0 Å². The summed E-state index contributed by atoms with van der Waals surface area (Å²) in [5.74, 6) is -0.179. The Morgan fingerprint density at radius 1 is 1.16 bits per heavy atom. The number of rotatable bonds is 11. The van der Waals surface area contributed by atoms with Gasteiger partial charge in [0.05, 0.1) is 29.9 Å². The molecular formula is C28H35IN2O7. The Bertz CT molecular complexity index is 1140. The first kappa shape index (κ1) is 29.9. The number of ether oxygens (including phenoxy) is 2. The topological polar surface area (TPSA) is 129 Å². The fourth-order valence-electron chi connectivity index (χ4n) is 4.36. The smallest absolute Gasteiger partial charge is 0.247 e. The van der Waals surface area contributed by atoms with Crippen LogP contribution in [0.1, 0.15) is 31.4 Å². The van der Waals surface area contributed by atoms with Crippen molar-refractivity contribution < 1.29 is 34.4 Å². The molecule has 2 aromatic carbocycles. The van der Waals surface area contributed by atoms with Crippen molar-refractivity contribution in [3.05, 3.63) is 68.8 Å². The molecule has 0 aliphatic heterocycles. The molecule has 0 saturated heterocycles. The number of halogens is 1. The van der Waals surface area contributed by atoms with E-state index in [1.54, 1.807) is 37.0 Å². The maximum absolute atomic E-state index is 13.4. The maximum Gasteiger partial charge on any atom is 0.247 e. The van der Waals surface area contributed by atoms with E-state index in [4.69, 9.17) is 9.47 Å². The van der Waals surface area contributed by atoms with Gasteiger partial charge in [-0.15, -0.1) is 0 Å². The summed E-state index contributed by atoms with van der Waals surface area (Å²) in [5.41, 5.74) is 1.87. The quantitative estimate of drug-likeness (QED) is 0.279. The first-order chi connectivity index (χ1) is 18.2. The molecule has 38 heavy (non-hydrogen) atoms. The van der Waals surface area contributed by atoms with Gasteiger partial charge < -0.3 is 35.0 Å². The summed E-state index contributed by atoms with van der Waals surface area (Å²) in [5, 5.41) is 33.0. The second kappa shape index (κ2) is 13.9. The lowest BCUT2D eigenvalue weighted by atomic mass is 9.87. The number of nitrogens with one attached hydrogen (secondary N) is 1. The van der Waals surface area contributed by atoms with Crippen LogP contribution < -0.4 is 14.8 Å². The molecular weight excluding hydrogens is 603 g/mol. The summed E-state index contributed by atoms with van der Waals surface area (Å²) in [6.45, 7) is 3.52. The van der Waals surface area contributed by atoms with Crippen molar-refractivity contribution in [1.82, 2.24) is 10.2 Å². The van der Waals surface area contributed by atoms with Gasteiger partial charge in [0.15, 0.2) is 11.5 Å². The predicted octanol–water partition coefficient (Wildman–Crippen LogP) is 2.39. The predicted molar refractivity (Wildman–Crippen MR) is 150 cm³/mol. The molecule has 1 aliphatic carbocycles. The summed E-state index contributed by atoms with van der Waals surface area (Å²) in [6, 6.07) is 12.1. The summed E-state index contributed by atoms with van der Waals surface area (Å²) in [6.07, 6.45) is -0.469. The highest BCUT2D eigenvalue weighted by atomic mass is 127. The number of aliphatic hydroxyl groups is 3. The van der Waals surface area contributed by atoms with Crippen LogP contribution in [0.25, 0.3) is 0 Å². The van der Waals surface area contributed by atoms with Crippen LogP contribution in [-0.4, -0.2) is 70.5 Å². The second-order valence-corrected chi connectivity index (χ2v) is 10.6. The minimum Gasteiger partial charge on any atom is -0.493 e. The van der Waals surface area contributed by atoms with E-state index in [0.717, 1.165) is 5.56 Å². The fraction of sp³-hybridized carbons (Fsp3) is 0.429. The summed E-state index contributed by atoms with van der Waals surface area (Å²) < 4.78 is 12.4. The molecule has 0 radical (unpaired) electrons. The van der Waals surface area contributed by atoms with E-state index >= 15 is 0 Å². The van der Waals surface area contributed by atoms with E-state index in [0.29, 0.717) is 26.2 Å². The van der Waals surface area contributed by atoms with Crippen LogP contribution in [-0.2, 0) is 22.7 Å². The van der Waals surface area contributed by atoms with Gasteiger partial charge in [-0.3, -0.25) is 9.59 Å². The Morgan fingerprint density at radius 3 is 2.47 bits per heavy atom. The van der Waals surface area contributed by atoms with E-state index in [1.807, 2.05) is 30.3 Å². The molecule has 9 nitrogen and oxygen atoms in total. The third kappa shape index (κ3) is 7.25. The highest BCUT2D eigenvalue weighted by Crippen LogP contribution is 2.37. The van der Waals surface area contributed by atoms with Gasteiger partial charge in [0.25, 0.3) is 0 Å². The first-order valence-corrected chi connectivity index (χ1v) is 13.5. The molecule has 0 bridgehead atoms. The molecule has 3 atom stereocenters. The number of methoxy groups -OCH3 is 1. The van der Waals surface area contributed by atoms with Crippen LogP contribution in [0.4, 0.5) is 0 Å². The Balaban J connectivity index is 2.03. The second-order valence-electron chi connectivity index (χ2n) is 9.39. The van der Waals surface area contributed by atoms with Crippen LogP contribution in [0.5, 0.6) is 11.5 Å². The molecule has 1 aliphatic rings. The molecule has 0 heterocycles. The lowest BCUT2D eigenvalue weighted by molar-refractivity contribution is -0.142. The van der Waals surface area contributed by atoms with Crippen molar-refractivity contribution in [2.75, 3.05) is 20.3 Å². The minimum atomic E-state index is -1.16. The highest BCUT2D eigenvalue weighted by molar-refractivity contribution is 14.1. The molecule has 0 aromatic heterocycles. The third-order valence-corrected chi connectivity index (χ3v) is 7.11. The van der Waals surface area contributed by atoms with Crippen molar-refractivity contribution >= 4 is 34.4 Å². The molecule has 206 valence electrons. The number of aliphatic hydroxyl groups excluding tert-OH is 3. The minimum absolute atomic E-state index is 0.0713. The number of hydrogen-bond acceptors (Lipinski definition) is 7. The molecule has 0 saturated carbocycles. The number of carbonyl (C=O) groups excluding carboxylic acids is 2. The molecule has 0 fully saturated rings. The van der Waals surface area contributed by atoms with Gasteiger partial charge in [0, 0.05) is 31.0 Å². The van der Waals surface area contributed by atoms with Gasteiger partial charge in [-0.05, 0) is 51.9 Å². The zero-order chi connectivity index (χ0) is 27.8. The van der Waals surface area contributed by atoms with E-state index in [2.05, 4.69) is 27.9 Å². The van der Waals surface area contributed by atoms with Gasteiger partial charge in [0.2, 0.25) is 11.8 Å². The number of amides is 2. The highest BCUT2D eigenvalue weighted by Gasteiger charge is 2.41. The largest absolute Gasteiger partial charge is 0.493 e. The zero-order valence-electron chi connectivity index (χ0n) is 21.8. The van der Waals surface area contributed by atoms with Crippen molar-refractivity contribution in [3.8, 4) is 11.5 Å². The van der Waals surface area contributed by atoms with E-state index in [1.165, 1.54) is 7.11 Å². The number of nitrogens with zero attached hydrogens (tertiary/aromatic N) is 1. The molecule has 2 amide bonds.